The van der Waals surface area contributed by atoms with Gasteiger partial charge >= 0.3 is 0 Å². The van der Waals surface area contributed by atoms with E-state index in [1.54, 1.807) is 0 Å². The molecule has 4 rings (SSSR count). The highest BCUT2D eigenvalue weighted by molar-refractivity contribution is 5.87. The van der Waals surface area contributed by atoms with Gasteiger partial charge < -0.3 is 15.1 Å². The number of rotatable bonds is 3. The van der Waals surface area contributed by atoms with Crippen LogP contribution in [0.2, 0.25) is 0 Å². The summed E-state index contributed by atoms with van der Waals surface area (Å²) in [5, 5.41) is 17.3. The number of hydrogen-bond donors (Lipinski definition) is 2. The van der Waals surface area contributed by atoms with E-state index >= 15 is 0 Å². The number of carboxylic acid groups (broad SMARTS) is 1. The number of hydrogen-bond acceptors (Lipinski definition) is 4. The van der Waals surface area contributed by atoms with Crippen LogP contribution in [-0.2, 0) is 9.59 Å². The quantitative estimate of drug-likeness (QED) is 0.758. The van der Waals surface area contributed by atoms with Crippen LogP contribution in [0.5, 0.6) is 0 Å². The fourth-order valence-corrected chi connectivity index (χ4v) is 5.20. The number of carbonyl (C=O) groups is 2. The number of amides is 1. The molecule has 0 bridgehead atoms. The predicted molar refractivity (Wildman–Crippen MR) is 94.2 cm³/mol. The second-order valence-corrected chi connectivity index (χ2v) is 8.23. The Kier molecular flexibility index (Phi) is 5.68. The van der Waals surface area contributed by atoms with Crippen LogP contribution in [-0.4, -0.2) is 69.7 Å². The van der Waals surface area contributed by atoms with Gasteiger partial charge in [0.05, 0.1) is 5.60 Å². The lowest BCUT2D eigenvalue weighted by Gasteiger charge is -2.44. The summed E-state index contributed by atoms with van der Waals surface area (Å²) in [5.74, 6) is 0.711. The molecule has 0 radical (unpaired) electrons. The van der Waals surface area contributed by atoms with Crippen LogP contribution in [0.25, 0.3) is 0 Å². The van der Waals surface area contributed by atoms with Gasteiger partial charge in [-0.3, -0.25) is 14.5 Å². The molecule has 6 nitrogen and oxygen atoms in total. The maximum Gasteiger partial charge on any atom is 0.290 e. The second kappa shape index (κ2) is 7.62. The van der Waals surface area contributed by atoms with Crippen LogP contribution in [0.4, 0.5) is 0 Å². The molecule has 1 amide bonds. The molecule has 2 aliphatic carbocycles. The number of carbonyl (C=O) groups excluding carboxylic acids is 1. The minimum atomic E-state index is -0.435. The minimum absolute atomic E-state index is 0.190. The fraction of sp³-hybridized carbons (Fsp3) is 0.895. The molecule has 2 aliphatic heterocycles. The van der Waals surface area contributed by atoms with E-state index in [1.165, 1.54) is 25.7 Å². The zero-order chi connectivity index (χ0) is 17.9. The summed E-state index contributed by atoms with van der Waals surface area (Å²) in [4.78, 5) is 26.4. The Bertz CT molecular complexity index is 480. The Morgan fingerprint density at radius 1 is 0.960 bits per heavy atom. The lowest BCUT2D eigenvalue weighted by molar-refractivity contribution is -0.147. The number of likely N-dealkylation sites (tertiary alicyclic amines) is 2. The zero-order valence-electron chi connectivity index (χ0n) is 15.2. The van der Waals surface area contributed by atoms with Crippen molar-refractivity contribution in [1.82, 2.24) is 9.80 Å². The van der Waals surface area contributed by atoms with Crippen LogP contribution in [0.1, 0.15) is 64.2 Å². The van der Waals surface area contributed by atoms with Crippen molar-refractivity contribution in [3.05, 3.63) is 0 Å². The molecule has 2 N–H and O–H groups in total. The molecule has 4 fully saturated rings. The Morgan fingerprint density at radius 3 is 2.12 bits per heavy atom. The van der Waals surface area contributed by atoms with E-state index < -0.39 is 5.60 Å². The highest BCUT2D eigenvalue weighted by atomic mass is 16.3. The molecule has 2 saturated heterocycles. The van der Waals surface area contributed by atoms with Gasteiger partial charge in [-0.25, -0.2) is 0 Å². The van der Waals surface area contributed by atoms with Crippen molar-refractivity contribution >= 4 is 12.4 Å². The largest absolute Gasteiger partial charge is 0.483 e. The molecule has 25 heavy (non-hydrogen) atoms. The summed E-state index contributed by atoms with van der Waals surface area (Å²) in [6.07, 6.45) is 11.0. The number of piperidine rings is 1. The summed E-state index contributed by atoms with van der Waals surface area (Å²) in [7, 11) is 0. The Balaban J connectivity index is 0.000000569. The smallest absolute Gasteiger partial charge is 0.290 e. The van der Waals surface area contributed by atoms with Gasteiger partial charge in [0.25, 0.3) is 6.47 Å². The third kappa shape index (κ3) is 3.70. The van der Waals surface area contributed by atoms with Crippen LogP contribution in [0.15, 0.2) is 0 Å². The van der Waals surface area contributed by atoms with Gasteiger partial charge in [0.15, 0.2) is 0 Å². The molecule has 1 atom stereocenters. The normalized spacial score (nSPS) is 30.4. The molecule has 0 aromatic carbocycles. The monoisotopic (exact) mass is 352 g/mol. The SMILES string of the molecule is O=C(N1CCCC(C2(O)CC2)C1)C1(N2CCCC2)CCCC1.O=CO. The third-order valence-corrected chi connectivity index (χ3v) is 6.77. The Morgan fingerprint density at radius 2 is 1.56 bits per heavy atom. The van der Waals surface area contributed by atoms with Crippen molar-refractivity contribution in [1.29, 1.82) is 0 Å². The van der Waals surface area contributed by atoms with E-state index in [1.807, 2.05) is 0 Å². The Labute approximate surface area is 150 Å². The molecule has 142 valence electrons. The van der Waals surface area contributed by atoms with Crippen LogP contribution in [0, 0.1) is 5.92 Å². The standard InChI is InChI=1S/C18H30N2O2.CH2O2/c21-16(17(7-1-2-8-17)20-12-3-4-13-20)19-11-5-6-15(14-19)18(22)9-10-18;2-1-3/h15,22H,1-14H2;1H,(H,2,3). The average Bonchev–Trinajstić information content (AvgIpc) is 3.06. The first kappa shape index (κ1) is 18.6. The van der Waals surface area contributed by atoms with Gasteiger partial charge in [-0.1, -0.05) is 12.8 Å². The third-order valence-electron chi connectivity index (χ3n) is 6.77. The summed E-state index contributed by atoms with van der Waals surface area (Å²) >= 11 is 0. The summed E-state index contributed by atoms with van der Waals surface area (Å²) in [5.41, 5.74) is -0.625. The Hall–Kier alpha value is -1.14. The molecule has 0 aromatic rings. The van der Waals surface area contributed by atoms with Gasteiger partial charge in [-0.2, -0.15) is 0 Å². The van der Waals surface area contributed by atoms with Crippen molar-refractivity contribution in [2.45, 2.75) is 75.3 Å². The molecule has 1 unspecified atom stereocenters. The van der Waals surface area contributed by atoms with Gasteiger partial charge in [-0.15, -0.1) is 0 Å². The minimum Gasteiger partial charge on any atom is -0.483 e. The first-order valence-corrected chi connectivity index (χ1v) is 9.90. The lowest BCUT2D eigenvalue weighted by atomic mass is 9.87. The van der Waals surface area contributed by atoms with Crippen molar-refractivity contribution in [3.8, 4) is 0 Å². The summed E-state index contributed by atoms with van der Waals surface area (Å²) in [6, 6.07) is 0. The zero-order valence-corrected chi connectivity index (χ0v) is 15.2. The molecular formula is C19H32N2O4. The molecule has 4 aliphatic rings. The summed E-state index contributed by atoms with van der Waals surface area (Å²) in [6.45, 7) is 3.66. The van der Waals surface area contributed by atoms with Gasteiger partial charge in [0, 0.05) is 19.0 Å². The van der Waals surface area contributed by atoms with E-state index in [4.69, 9.17) is 9.90 Å². The van der Waals surface area contributed by atoms with Crippen molar-refractivity contribution < 1.29 is 19.8 Å². The van der Waals surface area contributed by atoms with E-state index in [9.17, 15) is 9.90 Å². The van der Waals surface area contributed by atoms with Gasteiger partial charge in [-0.05, 0) is 64.5 Å². The number of aliphatic hydroxyl groups is 1. The topological polar surface area (TPSA) is 81.1 Å². The maximum atomic E-state index is 13.4. The van der Waals surface area contributed by atoms with Crippen LogP contribution >= 0.6 is 0 Å². The summed E-state index contributed by atoms with van der Waals surface area (Å²) < 4.78 is 0. The average molecular weight is 352 g/mol. The molecule has 0 spiro atoms. The number of nitrogens with zero attached hydrogens (tertiary/aromatic N) is 2. The maximum absolute atomic E-state index is 13.4. The van der Waals surface area contributed by atoms with Crippen LogP contribution < -0.4 is 0 Å². The van der Waals surface area contributed by atoms with E-state index in [-0.39, 0.29) is 12.0 Å². The van der Waals surface area contributed by atoms with Gasteiger partial charge in [0.2, 0.25) is 5.91 Å². The fourth-order valence-electron chi connectivity index (χ4n) is 5.20. The molecule has 0 aromatic heterocycles. The highest BCUT2D eigenvalue weighted by Crippen LogP contribution is 2.46. The molecular weight excluding hydrogens is 320 g/mol. The second-order valence-electron chi connectivity index (χ2n) is 8.23. The molecule has 2 saturated carbocycles. The van der Waals surface area contributed by atoms with Crippen molar-refractivity contribution in [2.75, 3.05) is 26.2 Å². The molecule has 2 heterocycles. The van der Waals surface area contributed by atoms with Crippen LogP contribution in [0.3, 0.4) is 0 Å². The van der Waals surface area contributed by atoms with Crippen molar-refractivity contribution in [3.63, 3.8) is 0 Å². The molecule has 6 heteroatoms. The van der Waals surface area contributed by atoms with Crippen molar-refractivity contribution in [2.24, 2.45) is 5.92 Å². The van der Waals surface area contributed by atoms with E-state index in [0.29, 0.717) is 11.8 Å². The van der Waals surface area contributed by atoms with Gasteiger partial charge in [0.1, 0.15) is 5.54 Å². The lowest BCUT2D eigenvalue weighted by Crippen LogP contribution is -2.59. The van der Waals surface area contributed by atoms with E-state index in [2.05, 4.69) is 9.80 Å². The first-order chi connectivity index (χ1) is 12.1. The predicted octanol–water partition coefficient (Wildman–Crippen LogP) is 1.86. The highest BCUT2D eigenvalue weighted by Gasteiger charge is 2.52. The first-order valence-electron chi connectivity index (χ1n) is 9.90. The van der Waals surface area contributed by atoms with E-state index in [0.717, 1.165) is 64.7 Å².